The maximum Gasteiger partial charge on any atom is 0.311 e. The van der Waals surface area contributed by atoms with E-state index in [1.807, 2.05) is 0 Å². The number of rotatable bonds is 4. The lowest BCUT2D eigenvalue weighted by Crippen LogP contribution is -2.37. The lowest BCUT2D eigenvalue weighted by Gasteiger charge is -2.20. The average Bonchev–Trinajstić information content (AvgIpc) is 2.74. The summed E-state index contributed by atoms with van der Waals surface area (Å²) in [7, 11) is 0. The highest BCUT2D eigenvalue weighted by Gasteiger charge is 2.32. The zero-order chi connectivity index (χ0) is 12.3. The van der Waals surface area contributed by atoms with E-state index in [9.17, 15) is 15.2 Å². The minimum Gasteiger partial charge on any atom is -0.386 e. The zero-order valence-electron chi connectivity index (χ0n) is 9.13. The third-order valence-electron chi connectivity index (χ3n) is 2.65. The first-order valence-corrected chi connectivity index (χ1v) is 5.24. The van der Waals surface area contributed by atoms with Crippen molar-refractivity contribution in [2.24, 2.45) is 0 Å². The summed E-state index contributed by atoms with van der Waals surface area (Å²) >= 11 is 0. The average molecular weight is 239 g/mol. The number of anilines is 1. The third kappa shape index (κ3) is 2.69. The Morgan fingerprint density at radius 3 is 3.18 bits per heavy atom. The van der Waals surface area contributed by atoms with Gasteiger partial charge < -0.3 is 15.2 Å². The highest BCUT2D eigenvalue weighted by molar-refractivity contribution is 5.55. The first-order valence-electron chi connectivity index (χ1n) is 5.24. The molecule has 1 aliphatic rings. The smallest absolute Gasteiger partial charge is 0.311 e. The van der Waals surface area contributed by atoms with E-state index in [-0.39, 0.29) is 24.7 Å². The zero-order valence-corrected chi connectivity index (χ0v) is 9.13. The number of nitrogens with zero attached hydrogens (tertiary/aromatic N) is 2. The van der Waals surface area contributed by atoms with Crippen LogP contribution in [0, 0.1) is 10.1 Å². The molecule has 0 saturated carbocycles. The van der Waals surface area contributed by atoms with Gasteiger partial charge in [-0.3, -0.25) is 10.1 Å². The van der Waals surface area contributed by atoms with Crippen LogP contribution in [0.5, 0.6) is 0 Å². The molecular formula is C10H13N3O4. The molecule has 0 radical (unpaired) electrons. The van der Waals surface area contributed by atoms with Crippen molar-refractivity contribution in [2.45, 2.75) is 12.0 Å². The minimum absolute atomic E-state index is 0.102. The summed E-state index contributed by atoms with van der Waals surface area (Å²) in [4.78, 5) is 14.1. The Labute approximate surface area is 97.6 Å². The van der Waals surface area contributed by atoms with Crippen LogP contribution in [0.2, 0.25) is 0 Å². The minimum atomic E-state index is -0.967. The number of hydrogen-bond donors (Lipinski definition) is 2. The van der Waals surface area contributed by atoms with Gasteiger partial charge in [0.15, 0.2) is 0 Å². The Balaban J connectivity index is 2.06. The van der Waals surface area contributed by atoms with Gasteiger partial charge in [0.1, 0.15) is 5.60 Å². The van der Waals surface area contributed by atoms with Crippen molar-refractivity contribution in [3.63, 3.8) is 0 Å². The number of nitrogens with one attached hydrogen (secondary N) is 1. The molecule has 1 atom stereocenters. The van der Waals surface area contributed by atoms with E-state index in [1.54, 1.807) is 0 Å². The molecule has 1 fully saturated rings. The van der Waals surface area contributed by atoms with Crippen molar-refractivity contribution < 1.29 is 14.8 Å². The SMILES string of the molecule is O=[N+]([O-])c1cccnc1NCC1(O)CCOC1. The Bertz CT molecular complexity index is 418. The van der Waals surface area contributed by atoms with Crippen LogP contribution in [0.3, 0.4) is 0 Å². The van der Waals surface area contributed by atoms with Gasteiger partial charge in [-0.15, -0.1) is 0 Å². The largest absolute Gasteiger partial charge is 0.386 e. The van der Waals surface area contributed by atoms with Gasteiger partial charge in [0.05, 0.1) is 11.5 Å². The monoisotopic (exact) mass is 239 g/mol. The van der Waals surface area contributed by atoms with Gasteiger partial charge in [-0.25, -0.2) is 4.98 Å². The van der Waals surface area contributed by atoms with Crippen LogP contribution < -0.4 is 5.32 Å². The normalized spacial score (nSPS) is 23.6. The van der Waals surface area contributed by atoms with Crippen molar-refractivity contribution >= 4 is 11.5 Å². The van der Waals surface area contributed by atoms with Gasteiger partial charge in [0.2, 0.25) is 5.82 Å². The van der Waals surface area contributed by atoms with Crippen molar-refractivity contribution in [1.29, 1.82) is 0 Å². The van der Waals surface area contributed by atoms with Crippen LogP contribution in [0.15, 0.2) is 18.3 Å². The van der Waals surface area contributed by atoms with Gasteiger partial charge in [-0.05, 0) is 6.07 Å². The molecule has 7 heteroatoms. The summed E-state index contributed by atoms with van der Waals surface area (Å²) < 4.78 is 5.08. The van der Waals surface area contributed by atoms with E-state index in [1.165, 1.54) is 18.3 Å². The molecule has 1 aromatic rings. The molecular weight excluding hydrogens is 226 g/mol. The fourth-order valence-electron chi connectivity index (χ4n) is 1.66. The van der Waals surface area contributed by atoms with Crippen molar-refractivity contribution in [2.75, 3.05) is 25.1 Å². The van der Waals surface area contributed by atoms with Gasteiger partial charge in [-0.1, -0.05) is 0 Å². The summed E-state index contributed by atoms with van der Waals surface area (Å²) in [6.45, 7) is 0.925. The first-order chi connectivity index (χ1) is 8.11. The number of nitro groups is 1. The third-order valence-corrected chi connectivity index (χ3v) is 2.65. The molecule has 92 valence electrons. The number of aromatic nitrogens is 1. The summed E-state index contributed by atoms with van der Waals surface area (Å²) in [6, 6.07) is 2.86. The first kappa shape index (κ1) is 11.7. The second kappa shape index (κ2) is 4.64. The Morgan fingerprint density at radius 1 is 1.71 bits per heavy atom. The van der Waals surface area contributed by atoms with Crippen molar-refractivity contribution in [3.8, 4) is 0 Å². The lowest BCUT2D eigenvalue weighted by molar-refractivity contribution is -0.384. The summed E-state index contributed by atoms with van der Waals surface area (Å²) in [6.07, 6.45) is 1.98. The molecule has 0 bridgehead atoms. The maximum absolute atomic E-state index is 10.7. The lowest BCUT2D eigenvalue weighted by atomic mass is 10.0. The molecule has 2 N–H and O–H groups in total. The van der Waals surface area contributed by atoms with Crippen LogP contribution in [-0.2, 0) is 4.74 Å². The molecule has 1 aromatic heterocycles. The quantitative estimate of drug-likeness (QED) is 0.588. The molecule has 1 saturated heterocycles. The topological polar surface area (TPSA) is 97.5 Å². The van der Waals surface area contributed by atoms with E-state index >= 15 is 0 Å². The van der Waals surface area contributed by atoms with Crippen LogP contribution in [0.4, 0.5) is 11.5 Å². The number of hydrogen-bond acceptors (Lipinski definition) is 6. The number of aliphatic hydroxyl groups is 1. The van der Waals surface area contributed by atoms with Crippen LogP contribution in [-0.4, -0.2) is 40.4 Å². The molecule has 2 heterocycles. The molecule has 0 aromatic carbocycles. The Kier molecular flexibility index (Phi) is 3.21. The molecule has 1 aliphatic heterocycles. The van der Waals surface area contributed by atoms with E-state index in [2.05, 4.69) is 10.3 Å². The molecule has 17 heavy (non-hydrogen) atoms. The summed E-state index contributed by atoms with van der Waals surface area (Å²) in [5.74, 6) is 0.165. The second-order valence-corrected chi connectivity index (χ2v) is 4.01. The van der Waals surface area contributed by atoms with Crippen LogP contribution >= 0.6 is 0 Å². The van der Waals surface area contributed by atoms with Gasteiger partial charge in [0.25, 0.3) is 0 Å². The summed E-state index contributed by atoms with van der Waals surface area (Å²) in [5.41, 5.74) is -1.07. The van der Waals surface area contributed by atoms with Gasteiger partial charge >= 0.3 is 5.69 Å². The van der Waals surface area contributed by atoms with Gasteiger partial charge in [-0.2, -0.15) is 0 Å². The predicted molar refractivity (Wildman–Crippen MR) is 59.8 cm³/mol. The standard InChI is InChI=1S/C10H13N3O4/c14-10(3-5-17-7-10)6-12-9-8(13(15)16)2-1-4-11-9/h1-2,4,14H,3,5-7H2,(H,11,12). The van der Waals surface area contributed by atoms with E-state index in [0.29, 0.717) is 13.0 Å². The predicted octanol–water partition coefficient (Wildman–Crippen LogP) is 0.553. The fourth-order valence-corrected chi connectivity index (χ4v) is 1.66. The van der Waals surface area contributed by atoms with E-state index in [4.69, 9.17) is 4.74 Å². The molecule has 1 unspecified atom stereocenters. The maximum atomic E-state index is 10.7. The highest BCUT2D eigenvalue weighted by atomic mass is 16.6. The van der Waals surface area contributed by atoms with Crippen molar-refractivity contribution in [3.05, 3.63) is 28.4 Å². The molecule has 7 nitrogen and oxygen atoms in total. The molecule has 0 aliphatic carbocycles. The summed E-state index contributed by atoms with van der Waals surface area (Å²) in [5, 5.41) is 23.5. The van der Waals surface area contributed by atoms with Crippen molar-refractivity contribution in [1.82, 2.24) is 4.98 Å². The second-order valence-electron chi connectivity index (χ2n) is 4.01. The van der Waals surface area contributed by atoms with Crippen LogP contribution in [0.25, 0.3) is 0 Å². The molecule has 0 spiro atoms. The molecule has 0 amide bonds. The fraction of sp³-hybridized carbons (Fsp3) is 0.500. The highest BCUT2D eigenvalue weighted by Crippen LogP contribution is 2.23. The van der Waals surface area contributed by atoms with Gasteiger partial charge in [0, 0.05) is 31.8 Å². The Hall–Kier alpha value is -1.73. The number of pyridine rings is 1. The van der Waals surface area contributed by atoms with E-state index < -0.39 is 10.5 Å². The van der Waals surface area contributed by atoms with Crippen LogP contribution in [0.1, 0.15) is 6.42 Å². The Morgan fingerprint density at radius 2 is 2.53 bits per heavy atom. The molecule has 2 rings (SSSR count). The van der Waals surface area contributed by atoms with E-state index in [0.717, 1.165) is 0 Å². The number of ether oxygens (including phenoxy) is 1.